The summed E-state index contributed by atoms with van der Waals surface area (Å²) in [6.07, 6.45) is 3.63. The molecule has 0 aromatic heterocycles. The second-order valence-electron chi connectivity index (χ2n) is 10.7. The Hall–Kier alpha value is -3.35. The Morgan fingerprint density at radius 3 is 2.09 bits per heavy atom. The summed E-state index contributed by atoms with van der Waals surface area (Å²) in [7, 11) is 0. The molecule has 2 amide bonds. The molecule has 2 aromatic carbocycles. The van der Waals surface area contributed by atoms with Gasteiger partial charge in [0, 0.05) is 12.0 Å². The van der Waals surface area contributed by atoms with Crippen LogP contribution in [0.2, 0.25) is 0 Å². The minimum Gasteiger partial charge on any atom is -0.480 e. The van der Waals surface area contributed by atoms with Gasteiger partial charge in [-0.1, -0.05) is 55.0 Å². The second kappa shape index (κ2) is 8.70. The van der Waals surface area contributed by atoms with Gasteiger partial charge in [0.05, 0.1) is 0 Å². The van der Waals surface area contributed by atoms with Crippen LogP contribution in [0, 0.1) is 5.41 Å². The number of carboxylic acid groups (broad SMARTS) is 1. The first-order valence-corrected chi connectivity index (χ1v) is 12.4. The molecule has 184 valence electrons. The Labute approximate surface area is 205 Å². The molecule has 0 saturated heterocycles. The fourth-order valence-electron chi connectivity index (χ4n) is 6.29. The van der Waals surface area contributed by atoms with Crippen molar-refractivity contribution in [2.24, 2.45) is 5.41 Å². The SMILES string of the molecule is CC(C)N(CC(=O)O)C(=O)C1(NC(=O)OCC2c3ccccc3-c3ccccc32)CC2(CCC2)C1. The lowest BCUT2D eigenvalue weighted by atomic mass is 9.48. The van der Waals surface area contributed by atoms with Gasteiger partial charge in [-0.15, -0.1) is 0 Å². The van der Waals surface area contributed by atoms with Crippen molar-refractivity contribution in [2.45, 2.75) is 63.5 Å². The van der Waals surface area contributed by atoms with E-state index in [-0.39, 0.29) is 29.9 Å². The van der Waals surface area contributed by atoms with Crippen LogP contribution >= 0.6 is 0 Å². The molecule has 5 rings (SSSR count). The number of fused-ring (bicyclic) bond motifs is 3. The van der Waals surface area contributed by atoms with Crippen LogP contribution in [0.3, 0.4) is 0 Å². The predicted octanol–water partition coefficient (Wildman–Crippen LogP) is 4.55. The highest BCUT2D eigenvalue weighted by atomic mass is 16.5. The summed E-state index contributed by atoms with van der Waals surface area (Å²) >= 11 is 0. The number of benzene rings is 2. The van der Waals surface area contributed by atoms with Crippen LogP contribution in [0.25, 0.3) is 11.1 Å². The number of nitrogens with zero attached hydrogens (tertiary/aromatic N) is 1. The molecule has 0 unspecified atom stereocenters. The van der Waals surface area contributed by atoms with Gasteiger partial charge in [0.15, 0.2) is 0 Å². The first-order valence-electron chi connectivity index (χ1n) is 12.4. The van der Waals surface area contributed by atoms with E-state index in [1.54, 1.807) is 13.8 Å². The van der Waals surface area contributed by atoms with Crippen molar-refractivity contribution in [2.75, 3.05) is 13.2 Å². The van der Waals surface area contributed by atoms with E-state index in [1.807, 2.05) is 24.3 Å². The molecule has 0 atom stereocenters. The van der Waals surface area contributed by atoms with Gasteiger partial charge in [0.25, 0.3) is 0 Å². The Bertz CT molecular complexity index is 1120. The van der Waals surface area contributed by atoms with Gasteiger partial charge in [0.1, 0.15) is 18.7 Å². The molecule has 0 bridgehead atoms. The zero-order chi connectivity index (χ0) is 24.8. The van der Waals surface area contributed by atoms with Crippen molar-refractivity contribution >= 4 is 18.0 Å². The summed E-state index contributed by atoms with van der Waals surface area (Å²) < 4.78 is 5.73. The number of hydrogen-bond donors (Lipinski definition) is 2. The van der Waals surface area contributed by atoms with Gasteiger partial charge in [-0.2, -0.15) is 0 Å². The molecule has 2 saturated carbocycles. The average molecular weight is 477 g/mol. The van der Waals surface area contributed by atoms with E-state index < -0.39 is 24.1 Å². The van der Waals surface area contributed by atoms with Crippen molar-refractivity contribution in [1.29, 1.82) is 0 Å². The van der Waals surface area contributed by atoms with Gasteiger partial charge in [0.2, 0.25) is 5.91 Å². The van der Waals surface area contributed by atoms with Crippen LogP contribution < -0.4 is 5.32 Å². The van der Waals surface area contributed by atoms with E-state index in [0.717, 1.165) is 41.5 Å². The monoisotopic (exact) mass is 476 g/mol. The maximum absolute atomic E-state index is 13.6. The molecule has 35 heavy (non-hydrogen) atoms. The highest BCUT2D eigenvalue weighted by molar-refractivity contribution is 5.93. The molecule has 7 heteroatoms. The first-order chi connectivity index (χ1) is 16.7. The molecule has 0 heterocycles. The van der Waals surface area contributed by atoms with Crippen molar-refractivity contribution in [3.8, 4) is 11.1 Å². The molecule has 7 nitrogen and oxygen atoms in total. The van der Waals surface area contributed by atoms with Crippen LogP contribution in [-0.4, -0.2) is 52.7 Å². The zero-order valence-electron chi connectivity index (χ0n) is 20.3. The summed E-state index contributed by atoms with van der Waals surface area (Å²) in [5.41, 5.74) is 3.52. The normalized spacial score (nSPS) is 18.7. The van der Waals surface area contributed by atoms with E-state index in [4.69, 9.17) is 4.74 Å². The van der Waals surface area contributed by atoms with Crippen molar-refractivity contribution in [3.05, 3.63) is 59.7 Å². The molecule has 3 aliphatic rings. The fourth-order valence-corrected chi connectivity index (χ4v) is 6.29. The molecule has 2 N–H and O–H groups in total. The number of hydrogen-bond acceptors (Lipinski definition) is 4. The van der Waals surface area contributed by atoms with Gasteiger partial charge in [-0.25, -0.2) is 4.79 Å². The standard InChI is InChI=1S/C28H32N2O5/c1-18(2)30(14-24(31)32)25(33)28(16-27(17-28)12-7-13-27)29-26(34)35-15-23-21-10-5-3-8-19(21)20-9-4-6-11-22(20)23/h3-6,8-11,18,23H,7,12-17H2,1-2H3,(H,29,34)(H,31,32). The number of amides is 2. The lowest BCUT2D eigenvalue weighted by Gasteiger charge is -2.60. The summed E-state index contributed by atoms with van der Waals surface area (Å²) in [6, 6.07) is 16.0. The third kappa shape index (κ3) is 4.07. The quantitative estimate of drug-likeness (QED) is 0.611. The summed E-state index contributed by atoms with van der Waals surface area (Å²) in [5, 5.41) is 12.2. The highest BCUT2D eigenvalue weighted by Gasteiger charge is 2.62. The topological polar surface area (TPSA) is 95.9 Å². The molecular formula is C28H32N2O5. The van der Waals surface area contributed by atoms with E-state index in [9.17, 15) is 19.5 Å². The maximum Gasteiger partial charge on any atom is 0.408 e. The minimum atomic E-state index is -1.11. The maximum atomic E-state index is 13.6. The highest BCUT2D eigenvalue weighted by Crippen LogP contribution is 2.61. The van der Waals surface area contributed by atoms with E-state index in [2.05, 4.69) is 29.6 Å². The molecule has 2 aromatic rings. The smallest absolute Gasteiger partial charge is 0.408 e. The first kappa shape index (κ1) is 23.4. The number of carbonyl (C=O) groups is 3. The van der Waals surface area contributed by atoms with Gasteiger partial charge < -0.3 is 20.1 Å². The number of ether oxygens (including phenoxy) is 1. The molecule has 1 spiro atoms. The van der Waals surface area contributed by atoms with Gasteiger partial charge >= 0.3 is 12.1 Å². The van der Waals surface area contributed by atoms with E-state index >= 15 is 0 Å². The number of alkyl carbamates (subject to hydrolysis) is 1. The fraction of sp³-hybridized carbons (Fsp3) is 0.464. The summed E-state index contributed by atoms with van der Waals surface area (Å²) in [6.45, 7) is 3.36. The van der Waals surface area contributed by atoms with Crippen LogP contribution in [0.15, 0.2) is 48.5 Å². The van der Waals surface area contributed by atoms with E-state index in [1.165, 1.54) is 4.90 Å². The largest absolute Gasteiger partial charge is 0.480 e. The Morgan fingerprint density at radius 1 is 1.03 bits per heavy atom. The van der Waals surface area contributed by atoms with Crippen LogP contribution in [-0.2, 0) is 14.3 Å². The number of aliphatic carboxylic acids is 1. The predicted molar refractivity (Wildman–Crippen MR) is 131 cm³/mol. The molecule has 0 radical (unpaired) electrons. The van der Waals surface area contributed by atoms with Gasteiger partial charge in [-0.05, 0) is 67.2 Å². The zero-order valence-corrected chi connectivity index (χ0v) is 20.3. The summed E-state index contributed by atoms with van der Waals surface area (Å²) in [5.74, 6) is -1.47. The summed E-state index contributed by atoms with van der Waals surface area (Å²) in [4.78, 5) is 39.4. The lowest BCUT2D eigenvalue weighted by molar-refractivity contribution is -0.161. The van der Waals surface area contributed by atoms with E-state index in [0.29, 0.717) is 12.8 Å². The third-order valence-electron chi connectivity index (χ3n) is 8.05. The number of carboxylic acids is 1. The molecule has 0 aliphatic heterocycles. The molecule has 2 fully saturated rings. The Morgan fingerprint density at radius 2 is 1.60 bits per heavy atom. The van der Waals surface area contributed by atoms with Crippen LogP contribution in [0.4, 0.5) is 4.79 Å². The number of carbonyl (C=O) groups excluding carboxylic acids is 2. The molecule has 3 aliphatic carbocycles. The van der Waals surface area contributed by atoms with Crippen molar-refractivity contribution in [1.82, 2.24) is 10.2 Å². The Kier molecular flexibility index (Phi) is 5.82. The van der Waals surface area contributed by atoms with Crippen LogP contribution in [0.1, 0.15) is 63.0 Å². The second-order valence-corrected chi connectivity index (χ2v) is 10.7. The van der Waals surface area contributed by atoms with Gasteiger partial charge in [-0.3, -0.25) is 9.59 Å². The third-order valence-corrected chi connectivity index (χ3v) is 8.05. The minimum absolute atomic E-state index is 0.0710. The lowest BCUT2D eigenvalue weighted by Crippen LogP contribution is -2.71. The number of nitrogens with one attached hydrogen (secondary N) is 1. The Balaban J connectivity index is 1.32. The van der Waals surface area contributed by atoms with Crippen molar-refractivity contribution < 1.29 is 24.2 Å². The molecular weight excluding hydrogens is 444 g/mol. The van der Waals surface area contributed by atoms with Crippen molar-refractivity contribution in [3.63, 3.8) is 0 Å². The average Bonchev–Trinajstić information content (AvgIpc) is 3.10. The number of rotatable bonds is 7. The van der Waals surface area contributed by atoms with Crippen LogP contribution in [0.5, 0.6) is 0 Å².